The lowest BCUT2D eigenvalue weighted by Gasteiger charge is -2.42. The maximum Gasteiger partial charge on any atom is 0.0125 e. The van der Waals surface area contributed by atoms with Gasteiger partial charge in [0.05, 0.1) is 0 Å². The van der Waals surface area contributed by atoms with Crippen molar-refractivity contribution in [2.24, 2.45) is 0 Å². The Hall–Kier alpha value is -0.160. The van der Waals surface area contributed by atoms with E-state index in [1.807, 2.05) is 55.4 Å². The van der Waals surface area contributed by atoms with Crippen LogP contribution in [-0.2, 0) is 0 Å². The molecule has 4 rings (SSSR count). The lowest BCUT2D eigenvalue weighted by atomic mass is 10.0. The van der Waals surface area contributed by atoms with Crippen molar-refractivity contribution in [3.8, 4) is 0 Å². The summed E-state index contributed by atoms with van der Waals surface area (Å²) < 4.78 is 0. The Morgan fingerprint density at radius 3 is 0.478 bits per heavy atom. The van der Waals surface area contributed by atoms with Crippen LogP contribution in [0.25, 0.3) is 0 Å². The second-order valence-electron chi connectivity index (χ2n) is 16.2. The molecule has 0 radical (unpaired) electrons. The first kappa shape index (κ1) is 52.6. The Balaban J connectivity index is -0.000000239. The molecule has 4 saturated heterocycles. The predicted octanol–water partition coefficient (Wildman–Crippen LogP) is 12.4. The quantitative estimate of drug-likeness (QED) is 0.257. The minimum Gasteiger partial charge on any atom is -0.298 e. The van der Waals surface area contributed by atoms with E-state index in [4.69, 9.17) is 0 Å². The second kappa shape index (κ2) is 29.7. The molecule has 4 aliphatic rings. The van der Waals surface area contributed by atoms with Crippen LogP contribution in [0.4, 0.5) is 0 Å². The molecule has 0 aliphatic carbocycles. The standard InChI is InChI=1S/C10H21N.C9H19N.C8H17N.C7H15N.4C2H6/c1-10(2,3)11-8-6-4-5-7-9-11;1-9(2,3)10-7-5-4-6-8-10;1-8(2,3)9-6-4-5-7-9;1-7(2,3)8-5-4-6-8;4*1-2/h4-9H2,1-3H3;4-8H2,1-3H3;4-7H2,1-3H3;4-6H2,1-3H3;4*1-2H3. The van der Waals surface area contributed by atoms with Crippen molar-refractivity contribution in [3.63, 3.8) is 0 Å². The number of hydrogen-bond acceptors (Lipinski definition) is 4. The topological polar surface area (TPSA) is 13.0 Å². The number of hydrogen-bond donors (Lipinski definition) is 0. The van der Waals surface area contributed by atoms with Gasteiger partial charge in [-0.3, -0.25) is 19.6 Å². The molecule has 0 spiro atoms. The van der Waals surface area contributed by atoms with Crippen LogP contribution in [0, 0.1) is 0 Å². The molecule has 46 heavy (non-hydrogen) atoms. The van der Waals surface area contributed by atoms with E-state index in [2.05, 4.69) is 103 Å². The molecule has 0 unspecified atom stereocenters. The number of piperidine rings is 1. The first-order valence-electron chi connectivity index (χ1n) is 20.4. The van der Waals surface area contributed by atoms with Gasteiger partial charge in [-0.1, -0.05) is 74.7 Å². The van der Waals surface area contributed by atoms with Gasteiger partial charge in [0.15, 0.2) is 0 Å². The van der Waals surface area contributed by atoms with Crippen LogP contribution in [-0.4, -0.2) is 94.1 Å². The summed E-state index contributed by atoms with van der Waals surface area (Å²) in [6, 6.07) is 0. The fourth-order valence-corrected chi connectivity index (χ4v) is 5.68. The number of rotatable bonds is 0. The minimum absolute atomic E-state index is 0.393. The van der Waals surface area contributed by atoms with Crippen molar-refractivity contribution in [2.45, 2.75) is 225 Å². The van der Waals surface area contributed by atoms with Crippen molar-refractivity contribution < 1.29 is 0 Å². The van der Waals surface area contributed by atoms with E-state index >= 15 is 0 Å². The first-order chi connectivity index (χ1) is 21.4. The molecular formula is C42H96N4. The van der Waals surface area contributed by atoms with Crippen LogP contribution < -0.4 is 0 Å². The van der Waals surface area contributed by atoms with E-state index in [1.165, 1.54) is 117 Å². The van der Waals surface area contributed by atoms with E-state index in [0.717, 1.165) is 0 Å². The molecular weight excluding hydrogens is 560 g/mol. The Morgan fingerprint density at radius 2 is 0.348 bits per heavy atom. The molecule has 0 aromatic rings. The fraction of sp³-hybridized carbons (Fsp3) is 1.00. The molecule has 0 amide bonds. The number of nitrogens with zero attached hydrogens (tertiary/aromatic N) is 4. The second-order valence-corrected chi connectivity index (χ2v) is 16.2. The Bertz CT molecular complexity index is 579. The molecule has 284 valence electrons. The molecule has 0 aromatic heterocycles. The fourth-order valence-electron chi connectivity index (χ4n) is 5.68. The zero-order chi connectivity index (χ0) is 37.0. The van der Waals surface area contributed by atoms with Crippen molar-refractivity contribution in [1.82, 2.24) is 19.6 Å². The average Bonchev–Trinajstić information content (AvgIpc) is 3.39. The smallest absolute Gasteiger partial charge is 0.0125 e. The Kier molecular flexibility index (Phi) is 34.0. The van der Waals surface area contributed by atoms with Crippen LogP contribution in [0.2, 0.25) is 0 Å². The monoisotopic (exact) mass is 657 g/mol. The van der Waals surface area contributed by atoms with E-state index in [1.54, 1.807) is 0 Å². The SMILES string of the molecule is CC.CC.CC.CC.CC(C)(C)N1CCC1.CC(C)(C)N1CCCC1.CC(C)(C)N1CCCCC1.CC(C)(C)N1CCCCCC1. The van der Waals surface area contributed by atoms with Gasteiger partial charge < -0.3 is 0 Å². The molecule has 0 N–H and O–H groups in total. The third-order valence-electron chi connectivity index (χ3n) is 8.72. The zero-order valence-electron chi connectivity index (χ0n) is 36.5. The van der Waals surface area contributed by atoms with Gasteiger partial charge in [0.1, 0.15) is 0 Å². The van der Waals surface area contributed by atoms with Gasteiger partial charge in [-0.2, -0.15) is 0 Å². The van der Waals surface area contributed by atoms with Gasteiger partial charge in [0, 0.05) is 22.2 Å². The van der Waals surface area contributed by atoms with Gasteiger partial charge in [-0.05, 0) is 180 Å². The first-order valence-corrected chi connectivity index (χ1v) is 20.4. The minimum atomic E-state index is 0.393. The maximum atomic E-state index is 2.61. The summed E-state index contributed by atoms with van der Waals surface area (Å²) in [7, 11) is 0. The van der Waals surface area contributed by atoms with Gasteiger partial charge >= 0.3 is 0 Å². The highest BCUT2D eigenvalue weighted by Crippen LogP contribution is 2.21. The van der Waals surface area contributed by atoms with Crippen molar-refractivity contribution >= 4 is 0 Å². The van der Waals surface area contributed by atoms with Gasteiger partial charge in [-0.25, -0.2) is 0 Å². The highest BCUT2D eigenvalue weighted by atomic mass is 15.2. The normalized spacial score (nSPS) is 19.6. The molecule has 4 aliphatic heterocycles. The van der Waals surface area contributed by atoms with Gasteiger partial charge in [0.25, 0.3) is 0 Å². The summed E-state index contributed by atoms with van der Waals surface area (Å²) in [4.78, 5) is 10.2. The molecule has 0 saturated carbocycles. The summed E-state index contributed by atoms with van der Waals surface area (Å²) in [5.74, 6) is 0. The predicted molar refractivity (Wildman–Crippen MR) is 217 cm³/mol. The molecule has 4 heteroatoms. The molecule has 0 bridgehead atoms. The Morgan fingerprint density at radius 1 is 0.217 bits per heavy atom. The largest absolute Gasteiger partial charge is 0.298 e. The number of likely N-dealkylation sites (tertiary alicyclic amines) is 4. The zero-order valence-corrected chi connectivity index (χ0v) is 36.5. The lowest BCUT2D eigenvalue weighted by Crippen LogP contribution is -2.49. The van der Waals surface area contributed by atoms with Crippen molar-refractivity contribution in [3.05, 3.63) is 0 Å². The van der Waals surface area contributed by atoms with E-state index in [9.17, 15) is 0 Å². The van der Waals surface area contributed by atoms with Crippen molar-refractivity contribution in [1.29, 1.82) is 0 Å². The van der Waals surface area contributed by atoms with E-state index in [-0.39, 0.29) is 0 Å². The van der Waals surface area contributed by atoms with Crippen LogP contribution in [0.3, 0.4) is 0 Å². The maximum absolute atomic E-state index is 2.61. The van der Waals surface area contributed by atoms with Crippen LogP contribution in [0.1, 0.15) is 203 Å². The van der Waals surface area contributed by atoms with Crippen LogP contribution >= 0.6 is 0 Å². The van der Waals surface area contributed by atoms with Gasteiger partial charge in [-0.15, -0.1) is 0 Å². The summed E-state index contributed by atoms with van der Waals surface area (Å²) in [6.07, 6.45) is 14.1. The molecule has 4 heterocycles. The average molecular weight is 657 g/mol. The van der Waals surface area contributed by atoms with E-state index in [0.29, 0.717) is 22.2 Å². The third-order valence-corrected chi connectivity index (χ3v) is 8.72. The molecule has 4 fully saturated rings. The summed E-state index contributed by atoms with van der Waals surface area (Å²) in [6.45, 7) is 54.0. The molecule has 4 nitrogen and oxygen atoms in total. The summed E-state index contributed by atoms with van der Waals surface area (Å²) in [5, 5.41) is 0. The molecule has 0 atom stereocenters. The van der Waals surface area contributed by atoms with Crippen LogP contribution in [0.15, 0.2) is 0 Å². The van der Waals surface area contributed by atoms with Crippen molar-refractivity contribution in [2.75, 3.05) is 52.4 Å². The summed E-state index contributed by atoms with van der Waals surface area (Å²) in [5.41, 5.74) is 1.64. The Labute approximate surface area is 296 Å². The van der Waals surface area contributed by atoms with Crippen LogP contribution in [0.5, 0.6) is 0 Å². The third kappa shape index (κ3) is 27.8. The summed E-state index contributed by atoms with van der Waals surface area (Å²) >= 11 is 0. The molecule has 0 aromatic carbocycles. The van der Waals surface area contributed by atoms with Gasteiger partial charge in [0.2, 0.25) is 0 Å². The highest BCUT2D eigenvalue weighted by Gasteiger charge is 2.26. The van der Waals surface area contributed by atoms with E-state index < -0.39 is 0 Å². The lowest BCUT2D eigenvalue weighted by molar-refractivity contribution is 0.0690. The highest BCUT2D eigenvalue weighted by molar-refractivity contribution is 4.82.